The molecule has 0 bridgehead atoms. The maximum absolute atomic E-state index is 14.1. The Morgan fingerprint density at radius 2 is 2.18 bits per heavy atom. The van der Waals surface area contributed by atoms with E-state index < -0.39 is 17.8 Å². The molecule has 1 saturated heterocycles. The quantitative estimate of drug-likeness (QED) is 0.839. The van der Waals surface area contributed by atoms with E-state index in [2.05, 4.69) is 5.32 Å². The highest BCUT2D eigenvalue weighted by Crippen LogP contribution is 2.36. The number of hydrogen-bond donors (Lipinski definition) is 1. The summed E-state index contributed by atoms with van der Waals surface area (Å²) in [6, 6.07) is 5.71. The number of hydrogen-bond acceptors (Lipinski definition) is 3. The van der Waals surface area contributed by atoms with E-state index in [1.807, 2.05) is 0 Å². The summed E-state index contributed by atoms with van der Waals surface area (Å²) in [6.07, 6.45) is 0.713. The summed E-state index contributed by atoms with van der Waals surface area (Å²) in [5.74, 6) is -1.11. The third kappa shape index (κ3) is 3.44. The van der Waals surface area contributed by atoms with E-state index in [4.69, 9.17) is 4.74 Å². The number of ether oxygens (including phenoxy) is 1. The van der Waals surface area contributed by atoms with Crippen molar-refractivity contribution >= 4 is 11.8 Å². The average molecular weight is 308 g/mol. The fourth-order valence-corrected chi connectivity index (χ4v) is 2.86. The van der Waals surface area contributed by atoms with Gasteiger partial charge in [-0.1, -0.05) is 18.2 Å². The Morgan fingerprint density at radius 3 is 2.86 bits per heavy atom. The van der Waals surface area contributed by atoms with Crippen LogP contribution in [0.15, 0.2) is 24.3 Å². The van der Waals surface area contributed by atoms with Gasteiger partial charge in [0.1, 0.15) is 5.82 Å². The van der Waals surface area contributed by atoms with Crippen molar-refractivity contribution in [3.8, 4) is 0 Å². The molecule has 2 atom stereocenters. The number of benzene rings is 1. The molecule has 0 radical (unpaired) electrons. The van der Waals surface area contributed by atoms with E-state index in [9.17, 15) is 14.0 Å². The number of carbonyl (C=O) groups excluding carboxylic acids is 2. The first kappa shape index (κ1) is 16.4. The van der Waals surface area contributed by atoms with Crippen molar-refractivity contribution in [1.82, 2.24) is 10.2 Å². The number of piperidine rings is 1. The van der Waals surface area contributed by atoms with Crippen molar-refractivity contribution in [2.45, 2.75) is 18.9 Å². The van der Waals surface area contributed by atoms with Crippen LogP contribution in [0, 0.1) is 11.7 Å². The zero-order valence-corrected chi connectivity index (χ0v) is 12.8. The minimum absolute atomic E-state index is 0.0748. The fraction of sp³-hybridized carbons (Fsp3) is 0.500. The van der Waals surface area contributed by atoms with Gasteiger partial charge < -0.3 is 15.0 Å². The van der Waals surface area contributed by atoms with Crippen LogP contribution in [0.25, 0.3) is 0 Å². The number of amides is 2. The highest BCUT2D eigenvalue weighted by Gasteiger charge is 2.39. The van der Waals surface area contributed by atoms with E-state index >= 15 is 0 Å². The van der Waals surface area contributed by atoms with Crippen molar-refractivity contribution < 1.29 is 18.7 Å². The lowest BCUT2D eigenvalue weighted by Gasteiger charge is -2.38. The molecular formula is C16H21FN2O3. The number of halogens is 1. The van der Waals surface area contributed by atoms with Gasteiger partial charge in [0.2, 0.25) is 11.8 Å². The van der Waals surface area contributed by atoms with Crippen molar-refractivity contribution in [3.63, 3.8) is 0 Å². The molecule has 1 fully saturated rings. The molecule has 2 amide bonds. The summed E-state index contributed by atoms with van der Waals surface area (Å²) >= 11 is 0. The molecule has 1 aliphatic rings. The van der Waals surface area contributed by atoms with Gasteiger partial charge in [-0.2, -0.15) is 0 Å². The SMILES string of the molecule is COCCNC(=O)[C@H]1CCC(=O)N(C)[C@@H]1c1ccccc1F. The highest BCUT2D eigenvalue weighted by molar-refractivity contribution is 5.84. The molecule has 0 aromatic heterocycles. The van der Waals surface area contributed by atoms with E-state index in [1.165, 1.54) is 11.0 Å². The van der Waals surface area contributed by atoms with E-state index in [0.717, 1.165) is 0 Å². The molecule has 1 N–H and O–H groups in total. The second-order valence-electron chi connectivity index (χ2n) is 5.40. The van der Waals surface area contributed by atoms with Crippen molar-refractivity contribution in [2.24, 2.45) is 5.92 Å². The lowest BCUT2D eigenvalue weighted by molar-refractivity contribution is -0.141. The minimum Gasteiger partial charge on any atom is -0.383 e. The van der Waals surface area contributed by atoms with Crippen LogP contribution < -0.4 is 5.32 Å². The van der Waals surface area contributed by atoms with Crippen LogP contribution in [-0.4, -0.2) is 44.0 Å². The summed E-state index contributed by atoms with van der Waals surface area (Å²) in [5, 5.41) is 2.78. The maximum atomic E-state index is 14.1. The molecular weight excluding hydrogens is 287 g/mol. The predicted molar refractivity (Wildman–Crippen MR) is 79.5 cm³/mol. The largest absolute Gasteiger partial charge is 0.383 e. The van der Waals surface area contributed by atoms with E-state index in [1.54, 1.807) is 32.4 Å². The molecule has 0 saturated carbocycles. The first-order valence-corrected chi connectivity index (χ1v) is 7.33. The van der Waals surface area contributed by atoms with Crippen LogP contribution in [0.4, 0.5) is 4.39 Å². The zero-order valence-electron chi connectivity index (χ0n) is 12.8. The standard InChI is InChI=1S/C16H21FN2O3/c1-19-14(20)8-7-12(16(21)18-9-10-22-2)15(19)11-5-3-4-6-13(11)17/h3-6,12,15H,7-10H2,1-2H3,(H,18,21)/t12-,15+/m0/s1. The average Bonchev–Trinajstić information content (AvgIpc) is 2.51. The molecule has 1 aromatic rings. The number of nitrogens with one attached hydrogen (secondary N) is 1. The summed E-state index contributed by atoms with van der Waals surface area (Å²) in [4.78, 5) is 25.8. The molecule has 120 valence electrons. The van der Waals surface area contributed by atoms with Crippen molar-refractivity contribution in [3.05, 3.63) is 35.6 Å². The van der Waals surface area contributed by atoms with Crippen LogP contribution in [0.3, 0.4) is 0 Å². The molecule has 0 aliphatic carbocycles. The molecule has 1 heterocycles. The second kappa shape index (κ2) is 7.35. The summed E-state index contributed by atoms with van der Waals surface area (Å²) in [5.41, 5.74) is 0.380. The van der Waals surface area contributed by atoms with Crippen LogP contribution in [0.1, 0.15) is 24.4 Å². The Morgan fingerprint density at radius 1 is 1.45 bits per heavy atom. The van der Waals surface area contributed by atoms with Gasteiger partial charge in [0.15, 0.2) is 0 Å². The second-order valence-corrected chi connectivity index (χ2v) is 5.40. The van der Waals surface area contributed by atoms with E-state index in [0.29, 0.717) is 31.6 Å². The number of methoxy groups -OCH3 is 1. The molecule has 22 heavy (non-hydrogen) atoms. The van der Waals surface area contributed by atoms with Gasteiger partial charge in [-0.25, -0.2) is 4.39 Å². The number of likely N-dealkylation sites (tertiary alicyclic amines) is 1. The van der Waals surface area contributed by atoms with Gasteiger partial charge in [0.25, 0.3) is 0 Å². The minimum atomic E-state index is -0.579. The number of nitrogens with zero attached hydrogens (tertiary/aromatic N) is 1. The molecule has 5 nitrogen and oxygen atoms in total. The van der Waals surface area contributed by atoms with Gasteiger partial charge in [-0.3, -0.25) is 9.59 Å². The van der Waals surface area contributed by atoms with Gasteiger partial charge in [-0.05, 0) is 12.5 Å². The molecule has 2 rings (SSSR count). The summed E-state index contributed by atoms with van der Waals surface area (Å²) in [7, 11) is 3.18. The Balaban J connectivity index is 2.25. The normalized spacial score (nSPS) is 21.8. The fourth-order valence-electron chi connectivity index (χ4n) is 2.86. The zero-order chi connectivity index (χ0) is 16.1. The lowest BCUT2D eigenvalue weighted by atomic mass is 9.83. The predicted octanol–water partition coefficient (Wildman–Crippen LogP) is 1.50. The van der Waals surface area contributed by atoms with Crippen molar-refractivity contribution in [1.29, 1.82) is 0 Å². The third-order valence-electron chi connectivity index (χ3n) is 4.03. The molecule has 0 unspecified atom stereocenters. The summed E-state index contributed by atoms with van der Waals surface area (Å²) in [6.45, 7) is 0.811. The van der Waals surface area contributed by atoms with Gasteiger partial charge in [-0.15, -0.1) is 0 Å². The van der Waals surface area contributed by atoms with E-state index in [-0.39, 0.29) is 11.8 Å². The molecule has 6 heteroatoms. The molecule has 1 aromatic carbocycles. The monoisotopic (exact) mass is 308 g/mol. The summed E-state index contributed by atoms with van der Waals surface area (Å²) < 4.78 is 19.0. The Bertz CT molecular complexity index is 550. The number of rotatable bonds is 5. The Labute approximate surface area is 129 Å². The van der Waals surface area contributed by atoms with Crippen LogP contribution in [-0.2, 0) is 14.3 Å². The number of carbonyl (C=O) groups is 2. The smallest absolute Gasteiger partial charge is 0.225 e. The topological polar surface area (TPSA) is 58.6 Å². The highest BCUT2D eigenvalue weighted by atomic mass is 19.1. The van der Waals surface area contributed by atoms with Gasteiger partial charge >= 0.3 is 0 Å². The molecule has 0 spiro atoms. The first-order valence-electron chi connectivity index (χ1n) is 7.33. The van der Waals surface area contributed by atoms with Crippen LogP contribution >= 0.6 is 0 Å². The van der Waals surface area contributed by atoms with Crippen molar-refractivity contribution in [2.75, 3.05) is 27.3 Å². The Hall–Kier alpha value is -1.95. The third-order valence-corrected chi connectivity index (χ3v) is 4.03. The maximum Gasteiger partial charge on any atom is 0.225 e. The first-order chi connectivity index (χ1) is 10.6. The van der Waals surface area contributed by atoms with Gasteiger partial charge in [0, 0.05) is 32.7 Å². The van der Waals surface area contributed by atoms with Crippen LogP contribution in [0.2, 0.25) is 0 Å². The van der Waals surface area contributed by atoms with Gasteiger partial charge in [0.05, 0.1) is 18.6 Å². The molecule has 1 aliphatic heterocycles. The lowest BCUT2D eigenvalue weighted by Crippen LogP contribution is -2.47. The Kier molecular flexibility index (Phi) is 5.49. The van der Waals surface area contributed by atoms with Crippen LogP contribution in [0.5, 0.6) is 0 Å².